The highest BCUT2D eigenvalue weighted by molar-refractivity contribution is 7.07. The average Bonchev–Trinajstić information content (AvgIpc) is 2.63. The lowest BCUT2D eigenvalue weighted by molar-refractivity contribution is 0.000134. The first-order valence-corrected chi connectivity index (χ1v) is 5.37. The van der Waals surface area contributed by atoms with Crippen LogP contribution in [0.4, 0.5) is 0 Å². The van der Waals surface area contributed by atoms with E-state index in [2.05, 4.69) is 14.7 Å². The Morgan fingerprint density at radius 1 is 1.71 bits per heavy atom. The fourth-order valence-electron chi connectivity index (χ4n) is 1.23. The standard InChI is InChI=1S/C8H13N3O2S/c1-6-10-8(14-11-6)13-5-7-4-9-2-3-12-7/h7,9H,2-5H2,1H3. The van der Waals surface area contributed by atoms with Gasteiger partial charge >= 0.3 is 0 Å². The Kier molecular flexibility index (Phi) is 3.28. The van der Waals surface area contributed by atoms with Crippen LogP contribution in [0.5, 0.6) is 5.19 Å². The molecule has 2 heterocycles. The summed E-state index contributed by atoms with van der Waals surface area (Å²) in [6, 6.07) is 0. The van der Waals surface area contributed by atoms with Crippen molar-refractivity contribution in [1.29, 1.82) is 0 Å². The van der Waals surface area contributed by atoms with Gasteiger partial charge in [-0.05, 0) is 6.92 Å². The number of morpholine rings is 1. The summed E-state index contributed by atoms with van der Waals surface area (Å²) in [5, 5.41) is 3.86. The maximum absolute atomic E-state index is 5.48. The van der Waals surface area contributed by atoms with Crippen molar-refractivity contribution in [2.75, 3.05) is 26.3 Å². The Bertz CT molecular complexity index is 286. The van der Waals surface area contributed by atoms with E-state index in [-0.39, 0.29) is 6.10 Å². The maximum atomic E-state index is 5.48. The molecule has 0 aromatic carbocycles. The van der Waals surface area contributed by atoms with Crippen molar-refractivity contribution < 1.29 is 9.47 Å². The van der Waals surface area contributed by atoms with Crippen LogP contribution in [0.3, 0.4) is 0 Å². The molecule has 14 heavy (non-hydrogen) atoms. The van der Waals surface area contributed by atoms with Crippen LogP contribution in [0.15, 0.2) is 0 Å². The minimum Gasteiger partial charge on any atom is -0.466 e. The predicted octanol–water partition coefficient (Wildman–Crippen LogP) is 0.214. The van der Waals surface area contributed by atoms with Gasteiger partial charge in [0.05, 0.1) is 6.61 Å². The van der Waals surface area contributed by atoms with Gasteiger partial charge in [-0.25, -0.2) is 0 Å². The molecule has 6 heteroatoms. The van der Waals surface area contributed by atoms with Gasteiger partial charge in [0, 0.05) is 24.6 Å². The number of hydrogen-bond acceptors (Lipinski definition) is 6. The van der Waals surface area contributed by atoms with E-state index in [0.717, 1.165) is 25.5 Å². The Hall–Kier alpha value is -0.720. The molecule has 1 aliphatic heterocycles. The van der Waals surface area contributed by atoms with E-state index >= 15 is 0 Å². The number of hydrogen-bond donors (Lipinski definition) is 1. The van der Waals surface area contributed by atoms with Crippen LogP contribution >= 0.6 is 11.5 Å². The summed E-state index contributed by atoms with van der Waals surface area (Å²) in [6.45, 7) is 4.92. The summed E-state index contributed by atoms with van der Waals surface area (Å²) in [6.07, 6.45) is 0.132. The van der Waals surface area contributed by atoms with E-state index < -0.39 is 0 Å². The molecule has 0 radical (unpaired) electrons. The molecule has 1 aromatic heterocycles. The minimum atomic E-state index is 0.132. The molecule has 2 rings (SSSR count). The molecule has 78 valence electrons. The highest BCUT2D eigenvalue weighted by Gasteiger charge is 2.14. The van der Waals surface area contributed by atoms with Crippen LogP contribution < -0.4 is 10.1 Å². The summed E-state index contributed by atoms with van der Waals surface area (Å²) in [7, 11) is 0. The van der Waals surface area contributed by atoms with Gasteiger partial charge in [-0.15, -0.1) is 0 Å². The van der Waals surface area contributed by atoms with Gasteiger partial charge in [0.15, 0.2) is 0 Å². The van der Waals surface area contributed by atoms with Crippen molar-refractivity contribution in [2.24, 2.45) is 0 Å². The Morgan fingerprint density at radius 2 is 2.64 bits per heavy atom. The van der Waals surface area contributed by atoms with Crippen molar-refractivity contribution >= 4 is 11.5 Å². The lowest BCUT2D eigenvalue weighted by atomic mass is 10.3. The van der Waals surface area contributed by atoms with Crippen LogP contribution in [0.25, 0.3) is 0 Å². The fourth-order valence-corrected chi connectivity index (χ4v) is 1.77. The number of rotatable bonds is 3. The highest BCUT2D eigenvalue weighted by atomic mass is 32.1. The highest BCUT2D eigenvalue weighted by Crippen LogP contribution is 2.13. The predicted molar refractivity (Wildman–Crippen MR) is 52.8 cm³/mol. The van der Waals surface area contributed by atoms with Crippen LogP contribution in [0.1, 0.15) is 5.82 Å². The second-order valence-electron chi connectivity index (χ2n) is 3.12. The zero-order valence-corrected chi connectivity index (χ0v) is 8.84. The zero-order valence-electron chi connectivity index (χ0n) is 8.02. The molecule has 0 amide bonds. The largest absolute Gasteiger partial charge is 0.466 e. The third-order valence-corrected chi connectivity index (χ3v) is 2.63. The first-order chi connectivity index (χ1) is 6.84. The Balaban J connectivity index is 1.76. The molecule has 1 saturated heterocycles. The van der Waals surface area contributed by atoms with Crippen LogP contribution in [0.2, 0.25) is 0 Å². The van der Waals surface area contributed by atoms with Gasteiger partial charge < -0.3 is 14.8 Å². The minimum absolute atomic E-state index is 0.132. The second-order valence-corrected chi connectivity index (χ2v) is 3.83. The van der Waals surface area contributed by atoms with E-state index in [1.54, 1.807) is 0 Å². The first-order valence-electron chi connectivity index (χ1n) is 4.60. The van der Waals surface area contributed by atoms with Crippen LogP contribution in [0, 0.1) is 6.92 Å². The van der Waals surface area contributed by atoms with Gasteiger partial charge in [-0.2, -0.15) is 9.36 Å². The lowest BCUT2D eigenvalue weighted by Crippen LogP contribution is -2.41. The molecule has 0 bridgehead atoms. The van der Waals surface area contributed by atoms with Crippen LogP contribution in [-0.2, 0) is 4.74 Å². The van der Waals surface area contributed by atoms with E-state index in [9.17, 15) is 0 Å². The number of nitrogens with zero attached hydrogens (tertiary/aromatic N) is 2. The molecule has 0 spiro atoms. The van der Waals surface area contributed by atoms with Gasteiger partial charge in [-0.3, -0.25) is 0 Å². The van der Waals surface area contributed by atoms with Crippen molar-refractivity contribution in [3.8, 4) is 5.19 Å². The smallest absolute Gasteiger partial charge is 0.293 e. The van der Waals surface area contributed by atoms with Gasteiger partial charge in [0.2, 0.25) is 0 Å². The monoisotopic (exact) mass is 215 g/mol. The maximum Gasteiger partial charge on any atom is 0.293 e. The quantitative estimate of drug-likeness (QED) is 0.781. The molecule has 1 atom stereocenters. The third-order valence-electron chi connectivity index (χ3n) is 1.91. The number of nitrogens with one attached hydrogen (secondary N) is 1. The molecule has 1 aliphatic rings. The SMILES string of the molecule is Cc1nsc(OCC2CNCCO2)n1. The van der Waals surface area contributed by atoms with Crippen molar-refractivity contribution in [1.82, 2.24) is 14.7 Å². The van der Waals surface area contributed by atoms with Crippen molar-refractivity contribution in [3.63, 3.8) is 0 Å². The first kappa shape index (κ1) is 9.82. The molecule has 1 fully saturated rings. The van der Waals surface area contributed by atoms with Gasteiger partial charge in [0.1, 0.15) is 18.5 Å². The van der Waals surface area contributed by atoms with Crippen molar-refractivity contribution in [3.05, 3.63) is 5.82 Å². The third kappa shape index (κ3) is 2.63. The molecule has 1 unspecified atom stereocenters. The van der Waals surface area contributed by atoms with E-state index in [4.69, 9.17) is 9.47 Å². The Labute approximate surface area is 86.6 Å². The molecule has 0 saturated carbocycles. The summed E-state index contributed by atoms with van der Waals surface area (Å²) in [4.78, 5) is 4.10. The Morgan fingerprint density at radius 3 is 3.29 bits per heavy atom. The lowest BCUT2D eigenvalue weighted by Gasteiger charge is -2.22. The summed E-state index contributed by atoms with van der Waals surface area (Å²) in [5.74, 6) is 0.757. The number of ether oxygens (including phenoxy) is 2. The van der Waals surface area contributed by atoms with Gasteiger partial charge in [0.25, 0.3) is 5.19 Å². The second kappa shape index (κ2) is 4.68. The molecule has 1 N–H and O–H groups in total. The van der Waals surface area contributed by atoms with E-state index in [1.165, 1.54) is 11.5 Å². The average molecular weight is 215 g/mol. The zero-order chi connectivity index (χ0) is 9.80. The van der Waals surface area contributed by atoms with Gasteiger partial charge in [-0.1, -0.05) is 0 Å². The topological polar surface area (TPSA) is 56.3 Å². The van der Waals surface area contributed by atoms with E-state index in [1.807, 2.05) is 6.92 Å². The summed E-state index contributed by atoms with van der Waals surface area (Å²) >= 11 is 1.28. The fraction of sp³-hybridized carbons (Fsp3) is 0.750. The molecular weight excluding hydrogens is 202 g/mol. The normalized spacial score (nSPS) is 22.2. The molecule has 5 nitrogen and oxygen atoms in total. The summed E-state index contributed by atoms with van der Waals surface area (Å²) in [5.41, 5.74) is 0. The molecule has 1 aromatic rings. The van der Waals surface area contributed by atoms with Crippen molar-refractivity contribution in [2.45, 2.75) is 13.0 Å². The van der Waals surface area contributed by atoms with E-state index in [0.29, 0.717) is 11.8 Å². The number of aryl methyl sites for hydroxylation is 1. The van der Waals surface area contributed by atoms with Crippen LogP contribution in [-0.4, -0.2) is 41.8 Å². The number of aromatic nitrogens is 2. The summed E-state index contributed by atoms with van der Waals surface area (Å²) < 4.78 is 15.0. The molecular formula is C8H13N3O2S. The molecule has 0 aliphatic carbocycles.